The van der Waals surface area contributed by atoms with Gasteiger partial charge in [0.2, 0.25) is 0 Å². The van der Waals surface area contributed by atoms with Crippen molar-refractivity contribution in [2.24, 2.45) is 11.3 Å². The van der Waals surface area contributed by atoms with Gasteiger partial charge in [0.15, 0.2) is 0 Å². The molecule has 2 fully saturated rings. The molecule has 0 bridgehead atoms. The largest absolute Gasteiger partial charge is 0.378 e. The van der Waals surface area contributed by atoms with E-state index in [2.05, 4.69) is 26.1 Å². The molecule has 2 nitrogen and oxygen atoms in total. The van der Waals surface area contributed by atoms with Gasteiger partial charge in [0, 0.05) is 6.04 Å². The fourth-order valence-electron chi connectivity index (χ4n) is 3.56. The van der Waals surface area contributed by atoms with Crippen LogP contribution in [0.2, 0.25) is 0 Å². The zero-order valence-electron chi connectivity index (χ0n) is 11.8. The van der Waals surface area contributed by atoms with Gasteiger partial charge in [0.05, 0.1) is 19.3 Å². The fraction of sp³-hybridized carbons (Fsp3) is 1.00. The first-order valence-corrected chi connectivity index (χ1v) is 7.45. The molecule has 1 heterocycles. The van der Waals surface area contributed by atoms with Crippen LogP contribution in [0.25, 0.3) is 0 Å². The van der Waals surface area contributed by atoms with E-state index in [0.717, 1.165) is 25.2 Å². The molecule has 2 rings (SSSR count). The summed E-state index contributed by atoms with van der Waals surface area (Å²) in [4.78, 5) is 0. The molecule has 17 heavy (non-hydrogen) atoms. The third kappa shape index (κ3) is 3.45. The second-order valence-electron chi connectivity index (χ2n) is 6.69. The molecule has 2 heteroatoms. The zero-order chi connectivity index (χ0) is 12.3. The molecule has 0 aromatic rings. The van der Waals surface area contributed by atoms with Gasteiger partial charge in [-0.15, -0.1) is 0 Å². The quantitative estimate of drug-likeness (QED) is 0.794. The summed E-state index contributed by atoms with van der Waals surface area (Å²) in [6.45, 7) is 9.11. The molecular formula is C15H29NO. The van der Waals surface area contributed by atoms with E-state index in [1.54, 1.807) is 0 Å². The molecule has 1 saturated carbocycles. The Morgan fingerprint density at radius 2 is 1.71 bits per heavy atom. The monoisotopic (exact) mass is 239 g/mol. The summed E-state index contributed by atoms with van der Waals surface area (Å²) in [5, 5.41) is 3.73. The van der Waals surface area contributed by atoms with Crippen molar-refractivity contribution in [2.75, 3.05) is 13.2 Å². The van der Waals surface area contributed by atoms with Crippen LogP contribution in [-0.4, -0.2) is 25.3 Å². The second-order valence-corrected chi connectivity index (χ2v) is 6.69. The molecule has 100 valence electrons. The topological polar surface area (TPSA) is 21.3 Å². The van der Waals surface area contributed by atoms with Crippen LogP contribution in [0.4, 0.5) is 0 Å². The van der Waals surface area contributed by atoms with E-state index >= 15 is 0 Å². The van der Waals surface area contributed by atoms with Gasteiger partial charge < -0.3 is 10.1 Å². The lowest BCUT2D eigenvalue weighted by Crippen LogP contribution is -2.51. The molecular weight excluding hydrogens is 210 g/mol. The van der Waals surface area contributed by atoms with Gasteiger partial charge in [0.1, 0.15) is 0 Å². The minimum absolute atomic E-state index is 0.555. The Morgan fingerprint density at radius 3 is 2.18 bits per heavy atom. The van der Waals surface area contributed by atoms with Crippen molar-refractivity contribution in [2.45, 2.75) is 71.4 Å². The normalized spacial score (nSPS) is 31.2. The van der Waals surface area contributed by atoms with Crippen LogP contribution in [0.1, 0.15) is 59.3 Å². The van der Waals surface area contributed by atoms with Crippen LogP contribution >= 0.6 is 0 Å². The van der Waals surface area contributed by atoms with E-state index in [4.69, 9.17) is 4.74 Å². The number of hydrogen-bond acceptors (Lipinski definition) is 2. The van der Waals surface area contributed by atoms with Gasteiger partial charge in [-0.1, -0.05) is 27.2 Å². The molecule has 0 amide bonds. The minimum atomic E-state index is 0.555. The Hall–Kier alpha value is -0.0800. The van der Waals surface area contributed by atoms with Crippen molar-refractivity contribution in [3.8, 4) is 0 Å². The highest BCUT2D eigenvalue weighted by atomic mass is 16.5. The highest BCUT2D eigenvalue weighted by Gasteiger charge is 2.33. The van der Waals surface area contributed by atoms with E-state index in [0.29, 0.717) is 11.5 Å². The molecule has 1 aliphatic carbocycles. The van der Waals surface area contributed by atoms with Crippen molar-refractivity contribution in [3.63, 3.8) is 0 Å². The Labute approximate surface area is 107 Å². The molecule has 1 N–H and O–H groups in total. The third-order valence-corrected chi connectivity index (χ3v) is 4.84. The van der Waals surface area contributed by atoms with E-state index in [1.807, 2.05) is 0 Å². The van der Waals surface area contributed by atoms with Crippen molar-refractivity contribution >= 4 is 0 Å². The molecule has 0 spiro atoms. The Kier molecular flexibility index (Phi) is 4.48. The summed E-state index contributed by atoms with van der Waals surface area (Å²) in [5.41, 5.74) is 0.555. The average Bonchev–Trinajstić information content (AvgIpc) is 2.24. The SMILES string of the molecule is CCCC(C)(C)C1CCC(NC2COC2)CC1. The Morgan fingerprint density at radius 1 is 1.06 bits per heavy atom. The third-order valence-electron chi connectivity index (χ3n) is 4.84. The zero-order valence-corrected chi connectivity index (χ0v) is 11.8. The van der Waals surface area contributed by atoms with E-state index in [9.17, 15) is 0 Å². The van der Waals surface area contributed by atoms with Crippen LogP contribution in [0, 0.1) is 11.3 Å². The number of rotatable bonds is 5. The fourth-order valence-corrected chi connectivity index (χ4v) is 3.56. The first-order valence-electron chi connectivity index (χ1n) is 7.45. The average molecular weight is 239 g/mol. The van der Waals surface area contributed by atoms with E-state index in [1.165, 1.54) is 38.5 Å². The Bertz CT molecular complexity index is 227. The molecule has 0 unspecified atom stereocenters. The van der Waals surface area contributed by atoms with Crippen LogP contribution < -0.4 is 5.32 Å². The summed E-state index contributed by atoms with van der Waals surface area (Å²) < 4.78 is 5.22. The number of hydrogen-bond donors (Lipinski definition) is 1. The molecule has 0 radical (unpaired) electrons. The van der Waals surface area contributed by atoms with E-state index in [-0.39, 0.29) is 0 Å². The highest BCUT2D eigenvalue weighted by Crippen LogP contribution is 2.41. The summed E-state index contributed by atoms with van der Waals surface area (Å²) in [6.07, 6.45) is 8.27. The second kappa shape index (κ2) is 5.71. The molecule has 1 aliphatic heterocycles. The molecule has 2 aliphatic rings. The van der Waals surface area contributed by atoms with Crippen molar-refractivity contribution in [1.29, 1.82) is 0 Å². The van der Waals surface area contributed by atoms with Gasteiger partial charge in [-0.2, -0.15) is 0 Å². The van der Waals surface area contributed by atoms with Crippen LogP contribution in [0.5, 0.6) is 0 Å². The summed E-state index contributed by atoms with van der Waals surface area (Å²) >= 11 is 0. The Balaban J connectivity index is 1.73. The first-order chi connectivity index (χ1) is 8.12. The van der Waals surface area contributed by atoms with Crippen molar-refractivity contribution < 1.29 is 4.74 Å². The molecule has 0 atom stereocenters. The lowest BCUT2D eigenvalue weighted by atomic mass is 9.68. The predicted molar refractivity (Wildman–Crippen MR) is 72.2 cm³/mol. The minimum Gasteiger partial charge on any atom is -0.378 e. The van der Waals surface area contributed by atoms with E-state index < -0.39 is 0 Å². The van der Waals surface area contributed by atoms with Crippen molar-refractivity contribution in [1.82, 2.24) is 5.32 Å². The van der Waals surface area contributed by atoms with Crippen LogP contribution in [-0.2, 0) is 4.74 Å². The van der Waals surface area contributed by atoms with Gasteiger partial charge in [-0.3, -0.25) is 0 Å². The molecule has 0 aromatic carbocycles. The van der Waals surface area contributed by atoms with Gasteiger partial charge in [-0.05, 0) is 43.4 Å². The lowest BCUT2D eigenvalue weighted by molar-refractivity contribution is -0.0143. The number of ether oxygens (including phenoxy) is 1. The van der Waals surface area contributed by atoms with Crippen molar-refractivity contribution in [3.05, 3.63) is 0 Å². The summed E-state index contributed by atoms with van der Waals surface area (Å²) in [5.74, 6) is 0.943. The lowest BCUT2D eigenvalue weighted by Gasteiger charge is -2.41. The predicted octanol–water partition coefficient (Wildman–Crippen LogP) is 3.36. The summed E-state index contributed by atoms with van der Waals surface area (Å²) in [6, 6.07) is 1.41. The maximum Gasteiger partial charge on any atom is 0.0643 e. The van der Waals surface area contributed by atoms with Crippen LogP contribution in [0.3, 0.4) is 0 Å². The molecule has 1 saturated heterocycles. The number of nitrogens with one attached hydrogen (secondary N) is 1. The van der Waals surface area contributed by atoms with Crippen LogP contribution in [0.15, 0.2) is 0 Å². The maximum atomic E-state index is 5.22. The molecule has 0 aromatic heterocycles. The van der Waals surface area contributed by atoms with Gasteiger partial charge >= 0.3 is 0 Å². The summed E-state index contributed by atoms with van der Waals surface area (Å²) in [7, 11) is 0. The highest BCUT2D eigenvalue weighted by molar-refractivity contribution is 4.87. The smallest absolute Gasteiger partial charge is 0.0643 e. The first kappa shape index (κ1) is 13.4. The van der Waals surface area contributed by atoms with Gasteiger partial charge in [-0.25, -0.2) is 0 Å². The standard InChI is InChI=1S/C15H29NO/c1-4-9-15(2,3)12-5-7-13(8-6-12)16-14-10-17-11-14/h12-14,16H,4-11H2,1-3H3. The van der Waals surface area contributed by atoms with Gasteiger partial charge in [0.25, 0.3) is 0 Å². The maximum absolute atomic E-state index is 5.22.